The summed E-state index contributed by atoms with van der Waals surface area (Å²) in [4.78, 5) is 6.00. The molecule has 2 nitrogen and oxygen atoms in total. The molecule has 0 radical (unpaired) electrons. The minimum absolute atomic E-state index is 0.207. The Morgan fingerprint density at radius 3 is 2.63 bits per heavy atom. The van der Waals surface area contributed by atoms with Crippen molar-refractivity contribution in [1.29, 1.82) is 0 Å². The quantitative estimate of drug-likeness (QED) is 0.569. The zero-order chi connectivity index (χ0) is 18.5. The van der Waals surface area contributed by atoms with Crippen molar-refractivity contribution in [3.63, 3.8) is 0 Å². The van der Waals surface area contributed by atoms with Crippen LogP contribution in [0.25, 0.3) is 0 Å². The molecule has 1 aromatic rings. The summed E-state index contributed by atoms with van der Waals surface area (Å²) in [7, 11) is 0. The van der Waals surface area contributed by atoms with E-state index in [1.165, 1.54) is 57.8 Å². The highest BCUT2D eigenvalue weighted by Crippen LogP contribution is 2.71. The molecular formula is C24H32N2S. The molecule has 0 saturated heterocycles. The van der Waals surface area contributed by atoms with Gasteiger partial charge >= 0.3 is 0 Å². The topological polar surface area (TPSA) is 38.4 Å². The maximum absolute atomic E-state index is 6.01. The van der Waals surface area contributed by atoms with Crippen LogP contribution in [0.1, 0.15) is 63.4 Å². The molecule has 5 saturated carbocycles. The van der Waals surface area contributed by atoms with Gasteiger partial charge in [-0.15, -0.1) is 0 Å². The molecule has 2 N–H and O–H groups in total. The van der Waals surface area contributed by atoms with Crippen LogP contribution in [0.2, 0.25) is 0 Å². The van der Waals surface area contributed by atoms with E-state index in [1.54, 1.807) is 5.56 Å². The third kappa shape index (κ3) is 2.93. The maximum atomic E-state index is 6.01. The first-order valence-corrected chi connectivity index (χ1v) is 11.4. The lowest BCUT2D eigenvalue weighted by Gasteiger charge is -2.41. The van der Waals surface area contributed by atoms with Crippen molar-refractivity contribution in [3.05, 3.63) is 35.9 Å². The van der Waals surface area contributed by atoms with E-state index >= 15 is 0 Å². The number of aliphatic imine (C=N–C) groups is 1. The van der Waals surface area contributed by atoms with Crippen LogP contribution in [-0.4, -0.2) is 17.7 Å². The molecule has 5 aliphatic rings. The summed E-state index contributed by atoms with van der Waals surface area (Å²) in [5.41, 5.74) is 7.96. The molecule has 0 aliphatic heterocycles. The minimum Gasteiger partial charge on any atom is -0.330 e. The predicted molar refractivity (Wildman–Crippen MR) is 116 cm³/mol. The van der Waals surface area contributed by atoms with E-state index < -0.39 is 0 Å². The smallest absolute Gasteiger partial charge is 0.109 e. The number of hydrogen-bond acceptors (Lipinski definition) is 2. The Hall–Kier alpha value is -1.06. The number of rotatable bonds is 4. The van der Waals surface area contributed by atoms with Gasteiger partial charge in [-0.1, -0.05) is 42.5 Å². The highest BCUT2D eigenvalue weighted by atomic mass is 32.1. The lowest BCUT2D eigenvalue weighted by atomic mass is 9.64. The Labute approximate surface area is 169 Å². The lowest BCUT2D eigenvalue weighted by Crippen LogP contribution is -2.36. The van der Waals surface area contributed by atoms with Crippen LogP contribution < -0.4 is 5.73 Å². The van der Waals surface area contributed by atoms with E-state index in [0.717, 1.165) is 29.3 Å². The number of nitrogens with two attached hydrogens (primary N) is 1. The number of benzene rings is 1. The number of hydrogen-bond donors (Lipinski definition) is 1. The average Bonchev–Trinajstić information content (AvgIpc) is 3.11. The molecule has 4 bridgehead atoms. The summed E-state index contributed by atoms with van der Waals surface area (Å²) < 4.78 is 0. The maximum Gasteiger partial charge on any atom is 0.109 e. The van der Waals surface area contributed by atoms with Gasteiger partial charge in [0.1, 0.15) is 4.99 Å². The lowest BCUT2D eigenvalue weighted by molar-refractivity contribution is 0.218. The first kappa shape index (κ1) is 18.0. The van der Waals surface area contributed by atoms with E-state index in [4.69, 9.17) is 22.9 Å². The zero-order valence-corrected chi connectivity index (χ0v) is 17.1. The van der Waals surface area contributed by atoms with E-state index in [2.05, 4.69) is 36.5 Å². The molecule has 5 fully saturated rings. The van der Waals surface area contributed by atoms with Crippen LogP contribution in [0.15, 0.2) is 35.3 Å². The molecule has 4 atom stereocenters. The van der Waals surface area contributed by atoms with Gasteiger partial charge in [0.15, 0.2) is 0 Å². The molecule has 0 aromatic heterocycles. The first-order chi connectivity index (χ1) is 13.1. The minimum atomic E-state index is 0.207. The Kier molecular flexibility index (Phi) is 4.52. The van der Waals surface area contributed by atoms with Crippen LogP contribution >= 0.6 is 12.2 Å². The van der Waals surface area contributed by atoms with Crippen molar-refractivity contribution in [2.45, 2.75) is 63.2 Å². The van der Waals surface area contributed by atoms with Gasteiger partial charge in [-0.25, -0.2) is 0 Å². The second kappa shape index (κ2) is 6.77. The Balaban J connectivity index is 1.33. The van der Waals surface area contributed by atoms with Crippen molar-refractivity contribution in [3.8, 4) is 0 Å². The van der Waals surface area contributed by atoms with E-state index in [0.29, 0.717) is 11.3 Å². The predicted octanol–water partition coefficient (Wildman–Crippen LogP) is 5.30. The van der Waals surface area contributed by atoms with Crippen molar-refractivity contribution < 1.29 is 0 Å². The molecule has 0 spiro atoms. The van der Waals surface area contributed by atoms with Gasteiger partial charge in [-0.2, -0.15) is 0 Å². The van der Waals surface area contributed by atoms with Crippen molar-refractivity contribution in [2.24, 2.45) is 39.8 Å². The van der Waals surface area contributed by atoms with Crippen molar-refractivity contribution >= 4 is 23.4 Å². The van der Waals surface area contributed by atoms with Crippen molar-refractivity contribution in [2.75, 3.05) is 6.54 Å². The molecular weight excluding hydrogens is 348 g/mol. The Bertz CT molecular complexity index is 736. The number of nitrogens with zero attached hydrogens (tertiary/aromatic N) is 1. The molecule has 1 aromatic carbocycles. The SMILES string of the molecule is NCC1CCC(/C=N/C(=S)C23CC4C[C@@H]2CC(c2ccccc2)(C4)C3)CC1. The second-order valence-electron chi connectivity index (χ2n) is 9.99. The summed E-state index contributed by atoms with van der Waals surface area (Å²) >= 11 is 6.01. The fraction of sp³-hybridized carbons (Fsp3) is 0.667. The van der Waals surface area contributed by atoms with Crippen LogP contribution in [0, 0.1) is 29.1 Å². The molecule has 3 heteroatoms. The van der Waals surface area contributed by atoms with Gasteiger partial charge in [0.05, 0.1) is 0 Å². The zero-order valence-electron chi connectivity index (χ0n) is 16.3. The van der Waals surface area contributed by atoms with Gasteiger partial charge in [-0.05, 0) is 99.0 Å². The monoisotopic (exact) mass is 380 g/mol. The van der Waals surface area contributed by atoms with Gasteiger partial charge in [0.2, 0.25) is 0 Å². The Morgan fingerprint density at radius 1 is 1.11 bits per heavy atom. The van der Waals surface area contributed by atoms with E-state index in [1.807, 2.05) is 0 Å². The summed E-state index contributed by atoms with van der Waals surface area (Å²) in [5.74, 6) is 2.95. The molecule has 6 rings (SSSR count). The number of thiocarbonyl (C=S) groups is 1. The van der Waals surface area contributed by atoms with Gasteiger partial charge in [-0.3, -0.25) is 4.99 Å². The molecule has 3 unspecified atom stereocenters. The molecule has 0 amide bonds. The normalized spacial score (nSPS) is 42.9. The van der Waals surface area contributed by atoms with Crippen molar-refractivity contribution in [1.82, 2.24) is 0 Å². The summed E-state index contributed by atoms with van der Waals surface area (Å²) in [6.45, 7) is 0.843. The van der Waals surface area contributed by atoms with E-state index in [-0.39, 0.29) is 5.41 Å². The highest BCUT2D eigenvalue weighted by Gasteiger charge is 2.65. The van der Waals surface area contributed by atoms with Crippen LogP contribution in [0.5, 0.6) is 0 Å². The van der Waals surface area contributed by atoms with Gasteiger partial charge in [0, 0.05) is 11.6 Å². The van der Waals surface area contributed by atoms with Gasteiger partial charge < -0.3 is 5.73 Å². The van der Waals surface area contributed by atoms with E-state index in [9.17, 15) is 0 Å². The average molecular weight is 381 g/mol. The fourth-order valence-corrected chi connectivity index (χ4v) is 7.62. The van der Waals surface area contributed by atoms with Crippen LogP contribution in [0.4, 0.5) is 0 Å². The van der Waals surface area contributed by atoms with Gasteiger partial charge in [0.25, 0.3) is 0 Å². The molecule has 5 aliphatic carbocycles. The Morgan fingerprint density at radius 2 is 1.89 bits per heavy atom. The molecule has 27 heavy (non-hydrogen) atoms. The standard InChI is InChI=1S/C24H32N2S/c25-14-17-6-8-18(9-7-17)15-26-22(27)24-12-19-10-21(24)13-23(11-19,16-24)20-4-2-1-3-5-20/h1-5,15,17-19,21H,6-14,16,25H2/b26-15+/t17?,18?,19?,21-,23?,24?/m1/s1. The third-order valence-electron chi connectivity index (χ3n) is 8.46. The van der Waals surface area contributed by atoms with Crippen LogP contribution in [-0.2, 0) is 5.41 Å². The summed E-state index contributed by atoms with van der Waals surface area (Å²) in [6.07, 6.45) is 13.8. The summed E-state index contributed by atoms with van der Waals surface area (Å²) in [6, 6.07) is 11.3. The third-order valence-corrected chi connectivity index (χ3v) is 8.97. The molecule has 0 heterocycles. The van der Waals surface area contributed by atoms with Crippen LogP contribution in [0.3, 0.4) is 0 Å². The second-order valence-corrected chi connectivity index (χ2v) is 10.4. The highest BCUT2D eigenvalue weighted by molar-refractivity contribution is 7.80. The largest absolute Gasteiger partial charge is 0.330 e. The summed E-state index contributed by atoms with van der Waals surface area (Å²) in [5, 5.41) is 0. The molecule has 144 valence electrons. The fourth-order valence-electron chi connectivity index (χ4n) is 7.24. The first-order valence-electron chi connectivity index (χ1n) is 11.0.